The minimum Gasteiger partial charge on any atom is -0.394 e. The van der Waals surface area contributed by atoms with Crippen LogP contribution in [0.2, 0.25) is 0 Å². The van der Waals surface area contributed by atoms with Crippen LogP contribution in [0.1, 0.15) is 5.56 Å². The van der Waals surface area contributed by atoms with Gasteiger partial charge in [0, 0.05) is 0 Å². The lowest BCUT2D eigenvalue weighted by atomic mass is 10.3. The minimum atomic E-state index is -0.458. The summed E-state index contributed by atoms with van der Waals surface area (Å²) in [5.74, 6) is -0.0273. The SMILES string of the molecule is CSc1c(C#N)c2c(=O)[nH]c(N)nc2n1COCCO. The van der Waals surface area contributed by atoms with Crippen LogP contribution in [0.3, 0.4) is 0 Å². The zero-order valence-corrected chi connectivity index (χ0v) is 11.5. The van der Waals surface area contributed by atoms with E-state index >= 15 is 0 Å². The fourth-order valence-electron chi connectivity index (χ4n) is 1.89. The highest BCUT2D eigenvalue weighted by Gasteiger charge is 2.21. The number of fused-ring (bicyclic) bond motifs is 1. The molecule has 0 aliphatic heterocycles. The Morgan fingerprint density at radius 1 is 1.65 bits per heavy atom. The van der Waals surface area contributed by atoms with E-state index in [1.807, 2.05) is 6.07 Å². The van der Waals surface area contributed by atoms with E-state index in [9.17, 15) is 10.1 Å². The minimum absolute atomic E-state index is 0.0273. The maximum atomic E-state index is 12.0. The number of nitrogens with zero attached hydrogens (tertiary/aromatic N) is 3. The van der Waals surface area contributed by atoms with Gasteiger partial charge in [0.25, 0.3) is 5.56 Å². The van der Waals surface area contributed by atoms with E-state index < -0.39 is 5.56 Å². The van der Waals surface area contributed by atoms with Gasteiger partial charge in [-0.05, 0) is 6.26 Å². The zero-order valence-electron chi connectivity index (χ0n) is 10.7. The van der Waals surface area contributed by atoms with E-state index in [4.69, 9.17) is 15.6 Å². The van der Waals surface area contributed by atoms with Crippen LogP contribution in [-0.4, -0.2) is 39.1 Å². The van der Waals surface area contributed by atoms with Crippen molar-refractivity contribution in [2.24, 2.45) is 0 Å². The van der Waals surface area contributed by atoms with Gasteiger partial charge in [-0.25, -0.2) is 0 Å². The second-order valence-corrected chi connectivity index (χ2v) is 4.63. The molecule has 4 N–H and O–H groups in total. The predicted molar refractivity (Wildman–Crippen MR) is 74.3 cm³/mol. The number of aromatic nitrogens is 3. The zero-order chi connectivity index (χ0) is 14.7. The summed E-state index contributed by atoms with van der Waals surface area (Å²) in [4.78, 5) is 18.4. The van der Waals surface area contributed by atoms with E-state index in [2.05, 4.69) is 9.97 Å². The maximum absolute atomic E-state index is 12.0. The molecule has 0 aliphatic rings. The van der Waals surface area contributed by atoms with Crippen molar-refractivity contribution in [3.8, 4) is 6.07 Å². The third-order valence-corrected chi connectivity index (χ3v) is 3.46. The number of rotatable bonds is 5. The summed E-state index contributed by atoms with van der Waals surface area (Å²) in [7, 11) is 0. The topological polar surface area (TPSA) is 130 Å². The summed E-state index contributed by atoms with van der Waals surface area (Å²) >= 11 is 1.31. The van der Waals surface area contributed by atoms with Crippen LogP contribution in [0.25, 0.3) is 11.0 Å². The number of thioether (sulfide) groups is 1. The van der Waals surface area contributed by atoms with Gasteiger partial charge in [0.15, 0.2) is 5.65 Å². The van der Waals surface area contributed by atoms with Crippen molar-refractivity contribution < 1.29 is 9.84 Å². The number of aliphatic hydroxyl groups excluding tert-OH is 1. The molecule has 2 aromatic heterocycles. The number of hydrogen-bond donors (Lipinski definition) is 3. The van der Waals surface area contributed by atoms with Crippen LogP contribution in [0, 0.1) is 11.3 Å². The second-order valence-electron chi connectivity index (χ2n) is 3.83. The van der Waals surface area contributed by atoms with Gasteiger partial charge in [-0.2, -0.15) is 10.2 Å². The average Bonchev–Trinajstić information content (AvgIpc) is 2.72. The molecular formula is C11H13N5O3S. The normalized spacial score (nSPS) is 10.8. The molecule has 106 valence electrons. The fraction of sp³-hybridized carbons (Fsp3) is 0.364. The third-order valence-electron chi connectivity index (χ3n) is 2.64. The number of nitrogens with one attached hydrogen (secondary N) is 1. The number of anilines is 1. The molecule has 8 nitrogen and oxygen atoms in total. The molecule has 2 rings (SSSR count). The lowest BCUT2D eigenvalue weighted by Gasteiger charge is -2.08. The molecule has 0 bridgehead atoms. The summed E-state index contributed by atoms with van der Waals surface area (Å²) in [6.45, 7) is 0.105. The van der Waals surface area contributed by atoms with Crippen LogP contribution >= 0.6 is 11.8 Å². The Bertz CT molecular complexity index is 730. The van der Waals surface area contributed by atoms with Crippen LogP contribution in [0.4, 0.5) is 5.95 Å². The molecule has 2 aromatic rings. The Morgan fingerprint density at radius 3 is 3.00 bits per heavy atom. The highest BCUT2D eigenvalue weighted by molar-refractivity contribution is 7.98. The maximum Gasteiger partial charge on any atom is 0.263 e. The number of nitrogen functional groups attached to an aromatic ring is 1. The first-order valence-electron chi connectivity index (χ1n) is 5.68. The number of H-pyrrole nitrogens is 1. The molecule has 0 saturated heterocycles. The first kappa shape index (κ1) is 14.4. The highest BCUT2D eigenvalue weighted by Crippen LogP contribution is 2.28. The van der Waals surface area contributed by atoms with Gasteiger partial charge in [-0.15, -0.1) is 11.8 Å². The summed E-state index contributed by atoms with van der Waals surface area (Å²) in [6, 6.07) is 2.01. The van der Waals surface area contributed by atoms with Gasteiger partial charge >= 0.3 is 0 Å². The Kier molecular flexibility index (Phi) is 4.29. The molecule has 0 unspecified atom stereocenters. The molecule has 9 heteroatoms. The first-order valence-corrected chi connectivity index (χ1v) is 6.91. The van der Waals surface area contributed by atoms with Crippen LogP contribution in [-0.2, 0) is 11.5 Å². The third kappa shape index (κ3) is 2.36. The van der Waals surface area contributed by atoms with E-state index in [1.54, 1.807) is 10.8 Å². The summed E-state index contributed by atoms with van der Waals surface area (Å²) in [5, 5.41) is 18.8. The first-order chi connectivity index (χ1) is 9.63. The lowest BCUT2D eigenvalue weighted by molar-refractivity contribution is 0.0464. The standard InChI is InChI=1S/C11H13N5O3S/c1-20-10-6(4-12)7-8(14-11(13)15-9(7)18)16(10)5-19-3-2-17/h17H,2-3,5H2,1H3,(H3,13,14,15,18). The van der Waals surface area contributed by atoms with Gasteiger partial charge < -0.3 is 15.6 Å². The van der Waals surface area contributed by atoms with E-state index in [0.717, 1.165) is 0 Å². The van der Waals surface area contributed by atoms with Crippen LogP contribution in [0.5, 0.6) is 0 Å². The van der Waals surface area contributed by atoms with Gasteiger partial charge in [-0.1, -0.05) is 0 Å². The molecule has 0 aliphatic carbocycles. The van der Waals surface area contributed by atoms with Crippen molar-refractivity contribution in [1.29, 1.82) is 5.26 Å². The van der Waals surface area contributed by atoms with Gasteiger partial charge in [0.05, 0.1) is 23.8 Å². The summed E-state index contributed by atoms with van der Waals surface area (Å²) in [6.07, 6.45) is 1.79. The highest BCUT2D eigenvalue weighted by atomic mass is 32.2. The Hall–Kier alpha value is -2.02. The summed E-state index contributed by atoms with van der Waals surface area (Å²) in [5.41, 5.74) is 5.62. The van der Waals surface area contributed by atoms with Crippen molar-refractivity contribution >= 4 is 28.7 Å². The van der Waals surface area contributed by atoms with Crippen molar-refractivity contribution in [3.63, 3.8) is 0 Å². The fourth-order valence-corrected chi connectivity index (χ4v) is 2.60. The van der Waals surface area contributed by atoms with Crippen molar-refractivity contribution in [2.75, 3.05) is 25.2 Å². The Balaban J connectivity index is 2.71. The van der Waals surface area contributed by atoms with Gasteiger partial charge in [0.2, 0.25) is 5.95 Å². The number of nitriles is 1. The smallest absolute Gasteiger partial charge is 0.263 e. The Labute approximate surface area is 118 Å². The van der Waals surface area contributed by atoms with Crippen LogP contribution < -0.4 is 11.3 Å². The van der Waals surface area contributed by atoms with E-state index in [1.165, 1.54) is 11.8 Å². The average molecular weight is 295 g/mol. The largest absolute Gasteiger partial charge is 0.394 e. The molecule has 0 spiro atoms. The van der Waals surface area contributed by atoms with E-state index in [0.29, 0.717) is 10.7 Å². The molecule has 2 heterocycles. The molecule has 0 fully saturated rings. The number of ether oxygens (including phenoxy) is 1. The number of aliphatic hydroxyl groups is 1. The molecule has 0 atom stereocenters. The molecule has 0 amide bonds. The van der Waals surface area contributed by atoms with Crippen LogP contribution in [0.15, 0.2) is 9.82 Å². The molecule has 0 saturated carbocycles. The lowest BCUT2D eigenvalue weighted by Crippen LogP contribution is -2.13. The van der Waals surface area contributed by atoms with Crippen molar-refractivity contribution in [1.82, 2.24) is 14.5 Å². The van der Waals surface area contributed by atoms with Gasteiger partial charge in [-0.3, -0.25) is 14.3 Å². The molecule has 0 radical (unpaired) electrons. The molecular weight excluding hydrogens is 282 g/mol. The summed E-state index contributed by atoms with van der Waals surface area (Å²) < 4.78 is 6.85. The van der Waals surface area contributed by atoms with E-state index in [-0.39, 0.29) is 36.8 Å². The second kappa shape index (κ2) is 5.96. The quantitative estimate of drug-likeness (QED) is 0.517. The van der Waals surface area contributed by atoms with Crippen molar-refractivity contribution in [2.45, 2.75) is 11.8 Å². The number of hydrogen-bond acceptors (Lipinski definition) is 7. The number of nitrogens with two attached hydrogens (primary N) is 1. The van der Waals surface area contributed by atoms with Gasteiger partial charge in [0.1, 0.15) is 18.2 Å². The monoisotopic (exact) mass is 295 g/mol. The molecule has 0 aromatic carbocycles. The Morgan fingerprint density at radius 2 is 2.40 bits per heavy atom. The molecule has 20 heavy (non-hydrogen) atoms. The number of aromatic amines is 1. The predicted octanol–water partition coefficient (Wildman–Crippen LogP) is -0.133. The van der Waals surface area contributed by atoms with Crippen molar-refractivity contribution in [3.05, 3.63) is 15.9 Å².